The molecule has 1 atom stereocenters. The molecule has 0 radical (unpaired) electrons. The van der Waals surface area contributed by atoms with Crippen LogP contribution < -0.4 is 5.73 Å². The number of benzene rings is 1. The van der Waals surface area contributed by atoms with Crippen molar-refractivity contribution in [3.8, 4) is 11.8 Å². The first kappa shape index (κ1) is 25.5. The number of carbonyl (C=O) groups excluding carboxylic acids is 1. The fourth-order valence-corrected chi connectivity index (χ4v) is 4.32. The Morgan fingerprint density at radius 3 is 2.36 bits per heavy atom. The summed E-state index contributed by atoms with van der Waals surface area (Å²) in [5.74, 6) is 7.70. The predicted molar refractivity (Wildman–Crippen MR) is 142 cm³/mol. The van der Waals surface area contributed by atoms with Crippen LogP contribution in [0.4, 0.5) is 10.6 Å². The Morgan fingerprint density at radius 2 is 1.75 bits per heavy atom. The van der Waals surface area contributed by atoms with Crippen molar-refractivity contribution < 1.29 is 9.53 Å². The number of nitrogens with zero attached hydrogens (tertiary/aromatic N) is 5. The number of nitrogen functional groups attached to an aromatic ring is 1. The van der Waals surface area contributed by atoms with Gasteiger partial charge in [-0.25, -0.2) is 19.4 Å². The molecule has 2 N–H and O–H groups in total. The molecule has 36 heavy (non-hydrogen) atoms. The summed E-state index contributed by atoms with van der Waals surface area (Å²) >= 11 is 0. The molecule has 0 spiro atoms. The molecule has 1 unspecified atom stereocenters. The lowest BCUT2D eigenvalue weighted by molar-refractivity contribution is 0.0288. The minimum Gasteiger partial charge on any atom is -0.444 e. The third-order valence-corrected chi connectivity index (χ3v) is 6.32. The first-order valence-corrected chi connectivity index (χ1v) is 12.6. The van der Waals surface area contributed by atoms with Crippen LogP contribution in [0.1, 0.15) is 95.1 Å². The summed E-state index contributed by atoms with van der Waals surface area (Å²) in [6.45, 7) is 15.4. The van der Waals surface area contributed by atoms with Gasteiger partial charge >= 0.3 is 6.09 Å². The molecule has 3 heterocycles. The van der Waals surface area contributed by atoms with E-state index in [1.807, 2.05) is 25.5 Å². The van der Waals surface area contributed by atoms with Crippen LogP contribution in [0.3, 0.4) is 0 Å². The van der Waals surface area contributed by atoms with Gasteiger partial charge in [-0.15, -0.1) is 0 Å². The van der Waals surface area contributed by atoms with Crippen molar-refractivity contribution in [1.82, 2.24) is 24.6 Å². The maximum absolute atomic E-state index is 12.6. The summed E-state index contributed by atoms with van der Waals surface area (Å²) in [4.78, 5) is 22.9. The van der Waals surface area contributed by atoms with Crippen molar-refractivity contribution in [3.63, 3.8) is 0 Å². The van der Waals surface area contributed by atoms with E-state index in [9.17, 15) is 4.79 Å². The Kier molecular flexibility index (Phi) is 6.94. The second-order valence-corrected chi connectivity index (χ2v) is 11.1. The van der Waals surface area contributed by atoms with E-state index in [2.05, 4.69) is 67.7 Å². The molecule has 1 aliphatic heterocycles. The van der Waals surface area contributed by atoms with Crippen LogP contribution >= 0.6 is 0 Å². The van der Waals surface area contributed by atoms with Crippen LogP contribution in [-0.4, -0.2) is 49.4 Å². The molecule has 1 amide bonds. The summed E-state index contributed by atoms with van der Waals surface area (Å²) in [5.41, 5.74) is 10.3. The topological polar surface area (TPSA) is 99.2 Å². The molecule has 190 valence electrons. The van der Waals surface area contributed by atoms with Crippen molar-refractivity contribution in [2.75, 3.05) is 18.8 Å². The minimum atomic E-state index is -0.541. The lowest BCUT2D eigenvalue weighted by atomic mass is 9.93. The second-order valence-electron chi connectivity index (χ2n) is 11.1. The Morgan fingerprint density at radius 1 is 1.08 bits per heavy atom. The molecule has 4 rings (SSSR count). The molecule has 8 heteroatoms. The van der Waals surface area contributed by atoms with E-state index in [0.29, 0.717) is 47.5 Å². The van der Waals surface area contributed by atoms with Crippen LogP contribution in [0.2, 0.25) is 0 Å². The van der Waals surface area contributed by atoms with Crippen LogP contribution in [0, 0.1) is 11.8 Å². The van der Waals surface area contributed by atoms with Crippen molar-refractivity contribution in [1.29, 1.82) is 0 Å². The highest BCUT2D eigenvalue weighted by molar-refractivity contribution is 5.90. The van der Waals surface area contributed by atoms with Crippen LogP contribution in [0.5, 0.6) is 0 Å². The Hall–Kier alpha value is -3.60. The van der Waals surface area contributed by atoms with E-state index in [-0.39, 0.29) is 12.1 Å². The van der Waals surface area contributed by atoms with Gasteiger partial charge in [0, 0.05) is 18.7 Å². The Labute approximate surface area is 213 Å². The van der Waals surface area contributed by atoms with E-state index < -0.39 is 5.60 Å². The monoisotopic (exact) mass is 488 g/mol. The number of hydrogen-bond acceptors (Lipinski definition) is 6. The molecule has 8 nitrogen and oxygen atoms in total. The lowest BCUT2D eigenvalue weighted by Gasteiger charge is -2.24. The number of fused-ring (bicyclic) bond motifs is 1. The summed E-state index contributed by atoms with van der Waals surface area (Å²) in [6, 6.07) is 6.48. The zero-order valence-electron chi connectivity index (χ0n) is 22.3. The minimum absolute atomic E-state index is 0.0540. The molecule has 1 saturated heterocycles. The number of aromatic nitrogens is 4. The zero-order chi connectivity index (χ0) is 26.2. The number of carbonyl (C=O) groups is 1. The zero-order valence-corrected chi connectivity index (χ0v) is 22.3. The van der Waals surface area contributed by atoms with Crippen LogP contribution in [0.15, 0.2) is 24.5 Å². The molecule has 0 bridgehead atoms. The number of anilines is 1. The Balaban J connectivity index is 1.69. The third-order valence-electron chi connectivity index (χ3n) is 6.32. The number of amides is 1. The number of hydrogen-bond donors (Lipinski definition) is 1. The number of nitrogens with two attached hydrogens (primary N) is 1. The summed E-state index contributed by atoms with van der Waals surface area (Å²) in [6.07, 6.45) is 1.86. The van der Waals surface area contributed by atoms with Gasteiger partial charge in [-0.1, -0.05) is 39.7 Å². The first-order valence-electron chi connectivity index (χ1n) is 12.6. The number of likely N-dealkylation sites (tertiary alicyclic amines) is 1. The van der Waals surface area contributed by atoms with Gasteiger partial charge in [-0.2, -0.15) is 5.10 Å². The molecule has 3 aromatic rings. The normalized spacial score (nSPS) is 16.0. The average Bonchev–Trinajstić information content (AvgIpc) is 3.42. The third kappa shape index (κ3) is 5.46. The van der Waals surface area contributed by atoms with Crippen LogP contribution in [-0.2, 0) is 4.74 Å². The summed E-state index contributed by atoms with van der Waals surface area (Å²) in [7, 11) is 0. The number of rotatable bonds is 3. The fraction of sp³-hybridized carbons (Fsp3) is 0.500. The molecule has 2 aromatic heterocycles. The molecular weight excluding hydrogens is 452 g/mol. The fourth-order valence-electron chi connectivity index (χ4n) is 4.32. The number of ether oxygens (including phenoxy) is 1. The van der Waals surface area contributed by atoms with Gasteiger partial charge in [0.05, 0.1) is 11.4 Å². The van der Waals surface area contributed by atoms with Gasteiger partial charge in [0.1, 0.15) is 23.4 Å². The molecule has 1 fully saturated rings. The largest absolute Gasteiger partial charge is 0.444 e. The van der Waals surface area contributed by atoms with Crippen molar-refractivity contribution in [2.24, 2.45) is 0 Å². The molecule has 1 aromatic carbocycles. The summed E-state index contributed by atoms with van der Waals surface area (Å²) in [5, 5.41) is 5.46. The second kappa shape index (κ2) is 9.81. The quantitative estimate of drug-likeness (QED) is 0.507. The van der Waals surface area contributed by atoms with Gasteiger partial charge in [0.25, 0.3) is 0 Å². The maximum Gasteiger partial charge on any atom is 0.410 e. The maximum atomic E-state index is 12.6. The van der Waals surface area contributed by atoms with Gasteiger partial charge in [0.2, 0.25) is 0 Å². The van der Waals surface area contributed by atoms with Crippen molar-refractivity contribution in [3.05, 3.63) is 46.9 Å². The van der Waals surface area contributed by atoms with Crippen LogP contribution in [0.25, 0.3) is 11.0 Å². The SMILES string of the molecule is CC(C)c1cc(C#Cc2nn(C3CCN(C(=O)OC(C)(C)C)C3)c3ncnc(N)c23)cc(C(C)C)c1. The average molecular weight is 489 g/mol. The van der Waals surface area contributed by atoms with Crippen molar-refractivity contribution in [2.45, 2.75) is 78.4 Å². The van der Waals surface area contributed by atoms with Gasteiger partial charge in [-0.05, 0) is 68.2 Å². The first-order chi connectivity index (χ1) is 16.9. The van der Waals surface area contributed by atoms with E-state index in [4.69, 9.17) is 15.6 Å². The van der Waals surface area contributed by atoms with Gasteiger partial charge in [-0.3, -0.25) is 0 Å². The highest BCUT2D eigenvalue weighted by Gasteiger charge is 2.32. The van der Waals surface area contributed by atoms with Crippen molar-refractivity contribution >= 4 is 22.9 Å². The highest BCUT2D eigenvalue weighted by Crippen LogP contribution is 2.29. The highest BCUT2D eigenvalue weighted by atomic mass is 16.6. The molecular formula is C28H36N6O2. The molecule has 0 saturated carbocycles. The smallest absolute Gasteiger partial charge is 0.410 e. The summed E-state index contributed by atoms with van der Waals surface area (Å²) < 4.78 is 7.39. The van der Waals surface area contributed by atoms with E-state index in [0.717, 1.165) is 12.0 Å². The standard InChI is InChI=1S/C28H36N6O2/c1-17(2)20-12-19(13-21(14-20)18(3)4)8-9-23-24-25(29)30-16-31-26(24)34(32-23)22-10-11-33(15-22)27(35)36-28(5,6)7/h12-14,16-18,22H,10-11,15H2,1-7H3,(H2,29,30,31). The van der Waals surface area contributed by atoms with Gasteiger partial charge < -0.3 is 15.4 Å². The van der Waals surface area contributed by atoms with E-state index in [1.165, 1.54) is 17.5 Å². The van der Waals surface area contributed by atoms with E-state index >= 15 is 0 Å². The molecule has 0 aliphatic carbocycles. The Bertz CT molecular complexity index is 1310. The predicted octanol–water partition coefficient (Wildman–Crippen LogP) is 5.24. The van der Waals surface area contributed by atoms with E-state index in [1.54, 1.807) is 4.90 Å². The van der Waals surface area contributed by atoms with Gasteiger partial charge in [0.15, 0.2) is 5.65 Å². The lowest BCUT2D eigenvalue weighted by Crippen LogP contribution is -2.35. The molecule has 1 aliphatic rings.